The number of benzene rings is 1. The van der Waals surface area contributed by atoms with Gasteiger partial charge >= 0.3 is 5.97 Å². The van der Waals surface area contributed by atoms with Crippen molar-refractivity contribution in [2.45, 2.75) is 6.54 Å². The van der Waals surface area contributed by atoms with Crippen molar-refractivity contribution in [1.29, 1.82) is 0 Å². The van der Waals surface area contributed by atoms with E-state index in [0.717, 1.165) is 10.0 Å². The lowest BCUT2D eigenvalue weighted by atomic mass is 10.2. The maximum atomic E-state index is 11.3. The summed E-state index contributed by atoms with van der Waals surface area (Å²) < 4.78 is 5.63. The summed E-state index contributed by atoms with van der Waals surface area (Å²) in [6.45, 7) is 0.708. The van der Waals surface area contributed by atoms with E-state index >= 15 is 0 Å². The minimum atomic E-state index is -0.486. The fourth-order valence-corrected chi connectivity index (χ4v) is 1.94. The Kier molecular flexibility index (Phi) is 4.68. The first kappa shape index (κ1) is 14.5. The Morgan fingerprint density at radius 2 is 1.95 bits per heavy atom. The van der Waals surface area contributed by atoms with Gasteiger partial charge in [0, 0.05) is 18.1 Å². The smallest absolute Gasteiger partial charge is 0.358 e. The van der Waals surface area contributed by atoms with Crippen molar-refractivity contribution in [2.24, 2.45) is 0 Å². The second-order valence-electron chi connectivity index (χ2n) is 4.23. The van der Waals surface area contributed by atoms with Gasteiger partial charge in [0.25, 0.3) is 0 Å². The Morgan fingerprint density at radius 1 is 1.25 bits per heavy atom. The summed E-state index contributed by atoms with van der Waals surface area (Å²) >= 11 is 3.41. The van der Waals surface area contributed by atoms with E-state index in [1.807, 2.05) is 36.2 Å². The van der Waals surface area contributed by atoms with Crippen LogP contribution in [0, 0.1) is 0 Å². The third kappa shape index (κ3) is 3.54. The van der Waals surface area contributed by atoms with Crippen molar-refractivity contribution >= 4 is 27.7 Å². The Hall–Kier alpha value is -1.95. The van der Waals surface area contributed by atoms with E-state index in [0.29, 0.717) is 12.4 Å². The van der Waals surface area contributed by atoms with Gasteiger partial charge in [0.2, 0.25) is 0 Å². The van der Waals surface area contributed by atoms with Crippen LogP contribution >= 0.6 is 15.9 Å². The standard InChI is InChI=1S/C14H14BrN3O2/c1-18(9-10-3-5-11(15)6-4-10)13-8-16-12(7-17-13)14(19)20-2/h3-8H,9H2,1-2H3. The highest BCUT2D eigenvalue weighted by Crippen LogP contribution is 2.15. The molecule has 0 unspecified atom stereocenters. The molecule has 0 saturated carbocycles. The monoisotopic (exact) mass is 335 g/mol. The topological polar surface area (TPSA) is 55.3 Å². The van der Waals surface area contributed by atoms with Crippen molar-refractivity contribution in [2.75, 3.05) is 19.1 Å². The Bertz CT molecular complexity index is 584. The number of nitrogens with zero attached hydrogens (tertiary/aromatic N) is 3. The van der Waals surface area contributed by atoms with E-state index in [1.54, 1.807) is 6.20 Å². The molecule has 2 rings (SSSR count). The number of carbonyl (C=O) groups excluding carboxylic acids is 1. The van der Waals surface area contributed by atoms with Gasteiger partial charge in [-0.3, -0.25) is 0 Å². The number of halogens is 1. The van der Waals surface area contributed by atoms with Gasteiger partial charge in [-0.25, -0.2) is 14.8 Å². The van der Waals surface area contributed by atoms with E-state index in [2.05, 4.69) is 30.6 Å². The van der Waals surface area contributed by atoms with Gasteiger partial charge in [0.15, 0.2) is 5.69 Å². The summed E-state index contributed by atoms with van der Waals surface area (Å²) in [5.74, 6) is 0.209. The van der Waals surface area contributed by atoms with Crippen molar-refractivity contribution in [3.05, 3.63) is 52.4 Å². The molecule has 0 fully saturated rings. The number of hydrogen-bond donors (Lipinski definition) is 0. The zero-order valence-electron chi connectivity index (χ0n) is 11.2. The van der Waals surface area contributed by atoms with Crippen LogP contribution in [0.1, 0.15) is 16.1 Å². The highest BCUT2D eigenvalue weighted by atomic mass is 79.9. The number of anilines is 1. The molecule has 1 aromatic heterocycles. The second-order valence-corrected chi connectivity index (χ2v) is 5.15. The van der Waals surface area contributed by atoms with Gasteiger partial charge in [-0.15, -0.1) is 0 Å². The van der Waals surface area contributed by atoms with Crippen molar-refractivity contribution in [3.8, 4) is 0 Å². The summed E-state index contributed by atoms with van der Waals surface area (Å²) in [5, 5.41) is 0. The van der Waals surface area contributed by atoms with Gasteiger partial charge < -0.3 is 9.64 Å². The third-order valence-electron chi connectivity index (χ3n) is 2.76. The number of rotatable bonds is 4. The summed E-state index contributed by atoms with van der Waals surface area (Å²) in [6, 6.07) is 8.07. The van der Waals surface area contributed by atoms with Crippen LogP contribution in [0.5, 0.6) is 0 Å². The van der Waals surface area contributed by atoms with Crippen molar-refractivity contribution < 1.29 is 9.53 Å². The first-order chi connectivity index (χ1) is 9.60. The molecular weight excluding hydrogens is 322 g/mol. The molecule has 0 radical (unpaired) electrons. The Balaban J connectivity index is 2.07. The van der Waals surface area contributed by atoms with Gasteiger partial charge in [0.1, 0.15) is 5.82 Å². The molecule has 0 saturated heterocycles. The maximum absolute atomic E-state index is 11.3. The summed E-state index contributed by atoms with van der Waals surface area (Å²) in [5.41, 5.74) is 1.36. The maximum Gasteiger partial charge on any atom is 0.358 e. The molecule has 1 heterocycles. The molecule has 1 aromatic carbocycles. The molecule has 0 bridgehead atoms. The average Bonchev–Trinajstić information content (AvgIpc) is 2.49. The normalized spacial score (nSPS) is 10.2. The molecular formula is C14H14BrN3O2. The van der Waals surface area contributed by atoms with Crippen molar-refractivity contribution in [1.82, 2.24) is 9.97 Å². The van der Waals surface area contributed by atoms with E-state index in [9.17, 15) is 4.79 Å². The number of methoxy groups -OCH3 is 1. The van der Waals surface area contributed by atoms with Gasteiger partial charge in [-0.05, 0) is 17.7 Å². The minimum absolute atomic E-state index is 0.202. The van der Waals surface area contributed by atoms with Crippen molar-refractivity contribution in [3.63, 3.8) is 0 Å². The number of ether oxygens (including phenoxy) is 1. The first-order valence-electron chi connectivity index (χ1n) is 5.96. The number of aromatic nitrogens is 2. The lowest BCUT2D eigenvalue weighted by molar-refractivity contribution is 0.0593. The van der Waals surface area contributed by atoms with Gasteiger partial charge in [-0.2, -0.15) is 0 Å². The lowest BCUT2D eigenvalue weighted by Crippen LogP contribution is -2.18. The van der Waals surface area contributed by atoms with Crippen LogP contribution in [0.2, 0.25) is 0 Å². The molecule has 0 N–H and O–H groups in total. The minimum Gasteiger partial charge on any atom is -0.464 e. The number of esters is 1. The molecule has 6 heteroatoms. The second kappa shape index (κ2) is 6.47. The van der Waals surface area contributed by atoms with Gasteiger partial charge in [0.05, 0.1) is 19.5 Å². The molecule has 0 aliphatic rings. The van der Waals surface area contributed by atoms with E-state index in [-0.39, 0.29) is 5.69 Å². The zero-order valence-corrected chi connectivity index (χ0v) is 12.8. The van der Waals surface area contributed by atoms with Crippen LogP contribution in [-0.2, 0) is 11.3 Å². The molecule has 0 amide bonds. The fourth-order valence-electron chi connectivity index (χ4n) is 1.67. The lowest BCUT2D eigenvalue weighted by Gasteiger charge is -2.17. The summed E-state index contributed by atoms with van der Waals surface area (Å²) in [6.07, 6.45) is 2.98. The SMILES string of the molecule is COC(=O)c1cnc(N(C)Cc2ccc(Br)cc2)cn1. The largest absolute Gasteiger partial charge is 0.464 e. The van der Waals surface area contributed by atoms with Crippen LogP contribution in [0.15, 0.2) is 41.1 Å². The zero-order chi connectivity index (χ0) is 14.5. The molecule has 2 aromatic rings. The van der Waals surface area contributed by atoms with Crippen LogP contribution in [0.4, 0.5) is 5.82 Å². The molecule has 0 spiro atoms. The van der Waals surface area contributed by atoms with Crippen LogP contribution in [0.25, 0.3) is 0 Å². The van der Waals surface area contributed by atoms with Crippen LogP contribution in [0.3, 0.4) is 0 Å². The molecule has 104 valence electrons. The third-order valence-corrected chi connectivity index (χ3v) is 3.29. The molecule has 20 heavy (non-hydrogen) atoms. The van der Waals surface area contributed by atoms with E-state index in [4.69, 9.17) is 0 Å². The fraction of sp³-hybridized carbons (Fsp3) is 0.214. The molecule has 0 aliphatic carbocycles. The highest BCUT2D eigenvalue weighted by Gasteiger charge is 2.09. The summed E-state index contributed by atoms with van der Waals surface area (Å²) in [7, 11) is 3.24. The average molecular weight is 336 g/mol. The predicted molar refractivity (Wildman–Crippen MR) is 79.6 cm³/mol. The first-order valence-corrected chi connectivity index (χ1v) is 6.75. The predicted octanol–water partition coefficient (Wildman–Crippen LogP) is 2.66. The van der Waals surface area contributed by atoms with E-state index < -0.39 is 5.97 Å². The Labute approximate surface area is 125 Å². The summed E-state index contributed by atoms with van der Waals surface area (Å²) in [4.78, 5) is 21.5. The van der Waals surface area contributed by atoms with Gasteiger partial charge in [-0.1, -0.05) is 28.1 Å². The quantitative estimate of drug-likeness (QED) is 0.804. The molecule has 5 nitrogen and oxygen atoms in total. The Morgan fingerprint density at radius 3 is 2.50 bits per heavy atom. The van der Waals surface area contributed by atoms with Crippen LogP contribution < -0.4 is 4.90 Å². The number of carbonyl (C=O) groups is 1. The number of hydrogen-bond acceptors (Lipinski definition) is 5. The highest BCUT2D eigenvalue weighted by molar-refractivity contribution is 9.10. The molecule has 0 atom stereocenters. The van der Waals surface area contributed by atoms with E-state index in [1.165, 1.54) is 13.3 Å². The molecule has 0 aliphatic heterocycles. The van der Waals surface area contributed by atoms with Crippen LogP contribution in [-0.4, -0.2) is 30.1 Å².